The van der Waals surface area contributed by atoms with E-state index < -0.39 is 0 Å². The zero-order valence-corrected chi connectivity index (χ0v) is 17.1. The minimum absolute atomic E-state index is 0.00277. The van der Waals surface area contributed by atoms with Gasteiger partial charge in [-0.05, 0) is 49.8 Å². The maximum atomic E-state index is 12.6. The van der Waals surface area contributed by atoms with Crippen LogP contribution in [-0.4, -0.2) is 15.9 Å². The Kier molecular flexibility index (Phi) is 5.31. The van der Waals surface area contributed by atoms with Gasteiger partial charge in [0.05, 0.1) is 11.4 Å². The number of hydrogen-bond acceptors (Lipinski definition) is 4. The Bertz CT molecular complexity index is 1080. The number of rotatable bonds is 4. The van der Waals surface area contributed by atoms with Crippen molar-refractivity contribution in [3.8, 4) is 0 Å². The molecule has 4 rings (SSSR count). The van der Waals surface area contributed by atoms with Crippen LogP contribution in [0.4, 0.5) is 0 Å². The first-order valence-electron chi connectivity index (χ1n) is 9.89. The molecule has 2 heterocycles. The van der Waals surface area contributed by atoms with Crippen molar-refractivity contribution in [1.29, 1.82) is 0 Å². The molecule has 0 saturated heterocycles. The minimum Gasteiger partial charge on any atom is -0.349 e. The Morgan fingerprint density at radius 2 is 2.11 bits per heavy atom. The van der Waals surface area contributed by atoms with Gasteiger partial charge in [-0.15, -0.1) is 11.3 Å². The molecule has 5 nitrogen and oxygen atoms in total. The molecule has 1 aliphatic carbocycles. The van der Waals surface area contributed by atoms with Crippen LogP contribution in [0.15, 0.2) is 29.1 Å². The molecule has 1 aromatic carbocycles. The van der Waals surface area contributed by atoms with Gasteiger partial charge in [0.15, 0.2) is 0 Å². The zero-order valence-electron chi connectivity index (χ0n) is 16.3. The number of nitrogens with one attached hydrogen (secondary N) is 2. The minimum atomic E-state index is -0.111. The second-order valence-electron chi connectivity index (χ2n) is 7.54. The average Bonchev–Trinajstić information content (AvgIpc) is 2.85. The number of amides is 1. The molecule has 1 aliphatic rings. The average molecular weight is 396 g/mol. The van der Waals surface area contributed by atoms with E-state index in [0.29, 0.717) is 24.1 Å². The summed E-state index contributed by atoms with van der Waals surface area (Å²) in [6.07, 6.45) is 5.07. The van der Waals surface area contributed by atoms with E-state index in [2.05, 4.69) is 33.5 Å². The lowest BCUT2D eigenvalue weighted by atomic mass is 9.99. The molecule has 0 spiro atoms. The molecule has 1 atom stereocenters. The molecule has 6 heteroatoms. The third-order valence-corrected chi connectivity index (χ3v) is 6.73. The van der Waals surface area contributed by atoms with E-state index in [0.717, 1.165) is 41.0 Å². The van der Waals surface area contributed by atoms with Gasteiger partial charge in [0.2, 0.25) is 5.91 Å². The summed E-state index contributed by atoms with van der Waals surface area (Å²) in [5, 5.41) is 3.87. The molecule has 0 unspecified atom stereocenters. The van der Waals surface area contributed by atoms with Crippen molar-refractivity contribution >= 4 is 27.5 Å². The molecule has 0 bridgehead atoms. The van der Waals surface area contributed by atoms with Crippen molar-refractivity contribution in [2.24, 2.45) is 0 Å². The summed E-state index contributed by atoms with van der Waals surface area (Å²) < 4.78 is 0. The van der Waals surface area contributed by atoms with E-state index in [-0.39, 0.29) is 17.5 Å². The van der Waals surface area contributed by atoms with Crippen LogP contribution in [0, 0.1) is 13.8 Å². The van der Waals surface area contributed by atoms with Crippen molar-refractivity contribution in [3.05, 3.63) is 62.0 Å². The van der Waals surface area contributed by atoms with Gasteiger partial charge in [0.1, 0.15) is 10.7 Å². The van der Waals surface area contributed by atoms with Gasteiger partial charge < -0.3 is 10.3 Å². The number of aryl methyl sites for hydroxylation is 4. The molecule has 0 aliphatic heterocycles. The highest BCUT2D eigenvalue weighted by molar-refractivity contribution is 7.18. The predicted octanol–water partition coefficient (Wildman–Crippen LogP) is 4.12. The number of H-pyrrole nitrogens is 1. The fourth-order valence-electron chi connectivity index (χ4n) is 3.99. The second kappa shape index (κ2) is 7.87. The van der Waals surface area contributed by atoms with Gasteiger partial charge >= 0.3 is 0 Å². The van der Waals surface area contributed by atoms with Gasteiger partial charge in [-0.25, -0.2) is 4.98 Å². The molecular weight excluding hydrogens is 370 g/mol. The van der Waals surface area contributed by atoms with Crippen molar-refractivity contribution in [2.45, 2.75) is 58.4 Å². The fraction of sp³-hybridized carbons (Fsp3) is 0.409. The first-order valence-corrected chi connectivity index (χ1v) is 10.7. The number of carbonyl (C=O) groups is 1. The Balaban J connectivity index is 1.45. The lowest BCUT2D eigenvalue weighted by Gasteiger charge is -2.19. The predicted molar refractivity (Wildman–Crippen MR) is 113 cm³/mol. The van der Waals surface area contributed by atoms with Gasteiger partial charge in [0.25, 0.3) is 5.56 Å². The number of aromatic amines is 1. The maximum Gasteiger partial charge on any atom is 0.259 e. The first-order chi connectivity index (χ1) is 13.5. The number of nitrogens with zero attached hydrogens (tertiary/aromatic N) is 1. The van der Waals surface area contributed by atoms with Crippen molar-refractivity contribution in [2.75, 3.05) is 0 Å². The van der Waals surface area contributed by atoms with Crippen LogP contribution >= 0.6 is 11.3 Å². The summed E-state index contributed by atoms with van der Waals surface area (Å²) in [7, 11) is 0. The van der Waals surface area contributed by atoms with Crippen molar-refractivity contribution in [3.63, 3.8) is 0 Å². The fourth-order valence-corrected chi connectivity index (χ4v) is 5.04. The molecule has 3 aromatic rings. The van der Waals surface area contributed by atoms with Gasteiger partial charge in [-0.1, -0.05) is 30.7 Å². The molecule has 1 amide bonds. The van der Waals surface area contributed by atoms with Crippen LogP contribution in [0.25, 0.3) is 10.2 Å². The number of carbonyl (C=O) groups excluding carboxylic acids is 1. The van der Waals surface area contributed by atoms with Gasteiger partial charge in [-0.3, -0.25) is 9.59 Å². The van der Waals surface area contributed by atoms with Gasteiger partial charge in [-0.2, -0.15) is 0 Å². The highest BCUT2D eigenvalue weighted by Crippen LogP contribution is 2.29. The van der Waals surface area contributed by atoms with E-state index in [1.165, 1.54) is 22.5 Å². The van der Waals surface area contributed by atoms with E-state index in [1.807, 2.05) is 19.9 Å². The van der Waals surface area contributed by atoms with Crippen LogP contribution in [-0.2, 0) is 17.6 Å². The topological polar surface area (TPSA) is 74.8 Å². The SMILES string of the molecule is Cc1sc2nc(CCC(=O)N[C@H]3CCCCc4ccccc43)[nH]c(=O)c2c1C. The molecular formula is C22H25N3O2S. The smallest absolute Gasteiger partial charge is 0.259 e. The summed E-state index contributed by atoms with van der Waals surface area (Å²) in [5.74, 6) is 0.582. The summed E-state index contributed by atoms with van der Waals surface area (Å²) in [4.78, 5) is 34.2. The van der Waals surface area contributed by atoms with Crippen LogP contribution in [0.5, 0.6) is 0 Å². The highest BCUT2D eigenvalue weighted by Gasteiger charge is 2.20. The number of hydrogen-bond donors (Lipinski definition) is 2. The summed E-state index contributed by atoms with van der Waals surface area (Å²) in [6.45, 7) is 3.95. The van der Waals surface area contributed by atoms with Crippen molar-refractivity contribution < 1.29 is 4.79 Å². The van der Waals surface area contributed by atoms with Crippen LogP contribution in [0.3, 0.4) is 0 Å². The zero-order chi connectivity index (χ0) is 19.7. The lowest BCUT2D eigenvalue weighted by Crippen LogP contribution is -2.29. The normalized spacial score (nSPS) is 16.6. The Morgan fingerprint density at radius 3 is 2.96 bits per heavy atom. The van der Waals surface area contributed by atoms with Crippen molar-refractivity contribution in [1.82, 2.24) is 15.3 Å². The number of thiophene rings is 1. The highest BCUT2D eigenvalue weighted by atomic mass is 32.1. The van der Waals surface area contributed by atoms with Crippen LogP contribution in [0.1, 0.15) is 59.1 Å². The molecule has 2 N–H and O–H groups in total. The Morgan fingerprint density at radius 1 is 1.29 bits per heavy atom. The Labute approximate surface area is 168 Å². The molecule has 28 heavy (non-hydrogen) atoms. The maximum absolute atomic E-state index is 12.6. The third-order valence-electron chi connectivity index (χ3n) is 5.63. The Hall–Kier alpha value is -2.47. The van der Waals surface area contributed by atoms with E-state index in [9.17, 15) is 9.59 Å². The lowest BCUT2D eigenvalue weighted by molar-refractivity contribution is -0.121. The van der Waals surface area contributed by atoms with E-state index >= 15 is 0 Å². The van der Waals surface area contributed by atoms with Crippen LogP contribution in [0.2, 0.25) is 0 Å². The third kappa shape index (κ3) is 3.74. The molecule has 0 radical (unpaired) electrons. The second-order valence-corrected chi connectivity index (χ2v) is 8.74. The standard InChI is InChI=1S/C22H25N3O2S/c1-13-14(2)28-22-20(13)21(27)24-18(25-22)11-12-19(26)23-17-10-6-4-8-15-7-3-5-9-16(15)17/h3,5,7,9,17H,4,6,8,10-12H2,1-2H3,(H,23,26)(H,24,25,27)/t17-/m0/s1. The summed E-state index contributed by atoms with van der Waals surface area (Å²) in [6, 6.07) is 8.46. The first kappa shape index (κ1) is 18.9. The quantitative estimate of drug-likeness (QED) is 0.653. The van der Waals surface area contributed by atoms with E-state index in [4.69, 9.17) is 0 Å². The number of benzene rings is 1. The summed E-state index contributed by atoms with van der Waals surface area (Å²) in [5.41, 5.74) is 3.46. The molecule has 146 valence electrons. The van der Waals surface area contributed by atoms with E-state index in [1.54, 1.807) is 0 Å². The molecule has 2 aromatic heterocycles. The number of aromatic nitrogens is 2. The van der Waals surface area contributed by atoms with Gasteiger partial charge in [0, 0.05) is 17.7 Å². The largest absolute Gasteiger partial charge is 0.349 e. The van der Waals surface area contributed by atoms with Crippen LogP contribution < -0.4 is 10.9 Å². The number of fused-ring (bicyclic) bond motifs is 2. The summed E-state index contributed by atoms with van der Waals surface area (Å²) >= 11 is 1.53. The molecule has 0 saturated carbocycles. The molecule has 0 fully saturated rings. The monoisotopic (exact) mass is 395 g/mol.